The van der Waals surface area contributed by atoms with Gasteiger partial charge >= 0.3 is 0 Å². The summed E-state index contributed by atoms with van der Waals surface area (Å²) in [6, 6.07) is 10.3. The molecule has 0 spiro atoms. The normalized spacial score (nSPS) is 17.5. The number of benzene rings is 1. The number of thioether (sulfide) groups is 1. The Labute approximate surface area is 102 Å². The molecule has 1 heterocycles. The molecule has 0 bridgehead atoms. The van der Waals surface area contributed by atoms with Gasteiger partial charge in [-0.15, -0.1) is 0 Å². The standard InChI is InChI=1S/C13H19NOS/c1-2-4-13(5-3-1)11-15-14-10-12-6-8-16-9-7-12/h1-5,12,14H,6-11H2. The minimum atomic E-state index is 0.655. The molecule has 1 aromatic carbocycles. The van der Waals surface area contributed by atoms with Gasteiger partial charge in [-0.05, 0) is 35.8 Å². The summed E-state index contributed by atoms with van der Waals surface area (Å²) in [5.74, 6) is 3.42. The molecule has 16 heavy (non-hydrogen) atoms. The first-order chi connectivity index (χ1) is 7.95. The molecule has 0 atom stereocenters. The molecule has 1 aliphatic heterocycles. The van der Waals surface area contributed by atoms with Crippen molar-refractivity contribution in [1.82, 2.24) is 5.48 Å². The molecule has 1 fully saturated rings. The van der Waals surface area contributed by atoms with E-state index in [-0.39, 0.29) is 0 Å². The average molecular weight is 237 g/mol. The Morgan fingerprint density at radius 3 is 2.69 bits per heavy atom. The quantitative estimate of drug-likeness (QED) is 0.628. The fraction of sp³-hybridized carbons (Fsp3) is 0.538. The molecule has 0 radical (unpaired) electrons. The summed E-state index contributed by atoms with van der Waals surface area (Å²) >= 11 is 2.07. The summed E-state index contributed by atoms with van der Waals surface area (Å²) < 4.78 is 0. The van der Waals surface area contributed by atoms with Crippen LogP contribution in [0.4, 0.5) is 0 Å². The highest BCUT2D eigenvalue weighted by atomic mass is 32.2. The van der Waals surface area contributed by atoms with Crippen LogP contribution in [-0.4, -0.2) is 18.1 Å². The fourth-order valence-corrected chi connectivity index (χ4v) is 3.04. The van der Waals surface area contributed by atoms with Crippen LogP contribution in [0.5, 0.6) is 0 Å². The van der Waals surface area contributed by atoms with Crippen LogP contribution in [0, 0.1) is 5.92 Å². The first-order valence-electron chi connectivity index (χ1n) is 5.91. The van der Waals surface area contributed by atoms with E-state index >= 15 is 0 Å². The molecule has 0 saturated carbocycles. The minimum Gasteiger partial charge on any atom is -0.297 e. The van der Waals surface area contributed by atoms with Crippen LogP contribution < -0.4 is 5.48 Å². The summed E-state index contributed by atoms with van der Waals surface area (Å²) in [6.07, 6.45) is 2.65. The van der Waals surface area contributed by atoms with Crippen molar-refractivity contribution in [2.24, 2.45) is 5.92 Å². The monoisotopic (exact) mass is 237 g/mol. The van der Waals surface area contributed by atoms with Crippen molar-refractivity contribution in [1.29, 1.82) is 0 Å². The van der Waals surface area contributed by atoms with Gasteiger partial charge in [0.2, 0.25) is 0 Å². The molecule has 88 valence electrons. The maximum atomic E-state index is 5.47. The highest BCUT2D eigenvalue weighted by molar-refractivity contribution is 7.99. The van der Waals surface area contributed by atoms with Crippen LogP contribution >= 0.6 is 11.8 Å². The summed E-state index contributed by atoms with van der Waals surface area (Å²) in [5, 5.41) is 0. The van der Waals surface area contributed by atoms with Crippen LogP contribution in [0.3, 0.4) is 0 Å². The molecular weight excluding hydrogens is 218 g/mol. The van der Waals surface area contributed by atoms with Gasteiger partial charge in [0.1, 0.15) is 0 Å². The van der Waals surface area contributed by atoms with Crippen LogP contribution in [-0.2, 0) is 11.4 Å². The summed E-state index contributed by atoms with van der Waals surface area (Å²) in [7, 11) is 0. The predicted octanol–water partition coefficient (Wildman–Crippen LogP) is 2.85. The Kier molecular flexibility index (Phi) is 5.19. The van der Waals surface area contributed by atoms with E-state index in [2.05, 4.69) is 29.4 Å². The number of rotatable bonds is 5. The second-order valence-electron chi connectivity index (χ2n) is 4.18. The molecule has 2 nitrogen and oxygen atoms in total. The van der Waals surface area contributed by atoms with E-state index < -0.39 is 0 Å². The largest absolute Gasteiger partial charge is 0.297 e. The van der Waals surface area contributed by atoms with Crippen molar-refractivity contribution in [2.45, 2.75) is 19.4 Å². The van der Waals surface area contributed by atoms with Crippen molar-refractivity contribution in [3.05, 3.63) is 35.9 Å². The van der Waals surface area contributed by atoms with Gasteiger partial charge < -0.3 is 0 Å². The SMILES string of the molecule is c1ccc(CONCC2CCSCC2)cc1. The Hall–Kier alpha value is -0.510. The van der Waals surface area contributed by atoms with E-state index in [1.807, 2.05) is 18.2 Å². The zero-order valence-corrected chi connectivity index (χ0v) is 10.3. The fourth-order valence-electron chi connectivity index (χ4n) is 1.84. The predicted molar refractivity (Wildman–Crippen MR) is 69.3 cm³/mol. The van der Waals surface area contributed by atoms with Gasteiger partial charge in [0.15, 0.2) is 0 Å². The number of hydroxylamine groups is 1. The second kappa shape index (κ2) is 6.94. The highest BCUT2D eigenvalue weighted by Crippen LogP contribution is 2.21. The van der Waals surface area contributed by atoms with E-state index in [0.717, 1.165) is 12.5 Å². The zero-order chi connectivity index (χ0) is 11.1. The van der Waals surface area contributed by atoms with Crippen molar-refractivity contribution in [3.63, 3.8) is 0 Å². The van der Waals surface area contributed by atoms with Gasteiger partial charge in [0.05, 0.1) is 6.61 Å². The van der Waals surface area contributed by atoms with Crippen molar-refractivity contribution < 1.29 is 4.84 Å². The maximum absolute atomic E-state index is 5.47. The topological polar surface area (TPSA) is 21.3 Å². The lowest BCUT2D eigenvalue weighted by molar-refractivity contribution is 0.0189. The first-order valence-corrected chi connectivity index (χ1v) is 7.07. The Balaban J connectivity index is 1.58. The molecule has 1 aromatic rings. The first kappa shape index (κ1) is 12.0. The van der Waals surface area contributed by atoms with E-state index in [1.165, 1.54) is 29.9 Å². The van der Waals surface area contributed by atoms with Crippen molar-refractivity contribution >= 4 is 11.8 Å². The molecule has 0 aromatic heterocycles. The molecule has 2 rings (SSSR count). The van der Waals surface area contributed by atoms with Gasteiger partial charge in [0.25, 0.3) is 0 Å². The number of hydrogen-bond acceptors (Lipinski definition) is 3. The van der Waals surface area contributed by atoms with E-state index in [4.69, 9.17) is 4.84 Å². The van der Waals surface area contributed by atoms with E-state index in [1.54, 1.807) is 0 Å². The summed E-state index contributed by atoms with van der Waals surface area (Å²) in [6.45, 7) is 1.65. The highest BCUT2D eigenvalue weighted by Gasteiger charge is 2.12. The van der Waals surface area contributed by atoms with Crippen LogP contribution in [0.25, 0.3) is 0 Å². The van der Waals surface area contributed by atoms with Gasteiger partial charge in [0, 0.05) is 6.54 Å². The smallest absolute Gasteiger partial charge is 0.0933 e. The van der Waals surface area contributed by atoms with Gasteiger partial charge in [-0.2, -0.15) is 11.8 Å². The average Bonchev–Trinajstić information content (AvgIpc) is 2.37. The van der Waals surface area contributed by atoms with Gasteiger partial charge in [-0.3, -0.25) is 4.84 Å². The molecule has 0 unspecified atom stereocenters. The lowest BCUT2D eigenvalue weighted by Gasteiger charge is -2.21. The Bertz CT molecular complexity index is 285. The minimum absolute atomic E-state index is 0.655. The number of nitrogens with one attached hydrogen (secondary N) is 1. The van der Waals surface area contributed by atoms with E-state index in [0.29, 0.717) is 6.61 Å². The molecule has 1 aliphatic rings. The lowest BCUT2D eigenvalue weighted by atomic mass is 10.0. The van der Waals surface area contributed by atoms with Crippen molar-refractivity contribution in [3.8, 4) is 0 Å². The van der Waals surface area contributed by atoms with Gasteiger partial charge in [-0.1, -0.05) is 30.3 Å². The third-order valence-electron chi connectivity index (χ3n) is 2.90. The van der Waals surface area contributed by atoms with Crippen LogP contribution in [0.2, 0.25) is 0 Å². The Morgan fingerprint density at radius 2 is 1.94 bits per heavy atom. The molecular formula is C13H19NOS. The lowest BCUT2D eigenvalue weighted by Crippen LogP contribution is -2.25. The molecule has 1 saturated heterocycles. The van der Waals surface area contributed by atoms with E-state index in [9.17, 15) is 0 Å². The molecule has 3 heteroatoms. The molecule has 0 aliphatic carbocycles. The summed E-state index contributed by atoms with van der Waals surface area (Å²) in [4.78, 5) is 5.47. The Morgan fingerprint density at radius 1 is 1.19 bits per heavy atom. The maximum Gasteiger partial charge on any atom is 0.0933 e. The second-order valence-corrected chi connectivity index (χ2v) is 5.40. The molecule has 1 N–H and O–H groups in total. The van der Waals surface area contributed by atoms with Gasteiger partial charge in [-0.25, -0.2) is 5.48 Å². The third-order valence-corrected chi connectivity index (χ3v) is 3.95. The summed E-state index contributed by atoms with van der Waals surface area (Å²) in [5.41, 5.74) is 4.31. The molecule has 0 amide bonds. The third kappa shape index (κ3) is 4.16. The van der Waals surface area contributed by atoms with Crippen LogP contribution in [0.1, 0.15) is 18.4 Å². The zero-order valence-electron chi connectivity index (χ0n) is 9.52. The van der Waals surface area contributed by atoms with Crippen LogP contribution in [0.15, 0.2) is 30.3 Å². The van der Waals surface area contributed by atoms with Crippen molar-refractivity contribution in [2.75, 3.05) is 18.1 Å². The number of hydrogen-bond donors (Lipinski definition) is 1.